The van der Waals surface area contributed by atoms with Crippen LogP contribution in [0.15, 0.2) is 66.7 Å². The highest BCUT2D eigenvalue weighted by molar-refractivity contribution is 6.37. The summed E-state index contributed by atoms with van der Waals surface area (Å²) in [5.74, 6) is -0.890. The van der Waals surface area contributed by atoms with Crippen molar-refractivity contribution in [3.8, 4) is 0 Å². The molecule has 178 valence electrons. The van der Waals surface area contributed by atoms with E-state index < -0.39 is 16.4 Å². The number of carbonyl (C=O) groups is 2. The van der Waals surface area contributed by atoms with E-state index in [2.05, 4.69) is 10.6 Å². The summed E-state index contributed by atoms with van der Waals surface area (Å²) in [5, 5.41) is 17.8. The molecule has 9 nitrogen and oxygen atoms in total. The highest BCUT2D eigenvalue weighted by Crippen LogP contribution is 2.39. The molecule has 3 aromatic rings. The molecule has 0 unspecified atom stereocenters. The van der Waals surface area contributed by atoms with Gasteiger partial charge >= 0.3 is 5.97 Å². The van der Waals surface area contributed by atoms with E-state index in [1.54, 1.807) is 44.2 Å². The van der Waals surface area contributed by atoms with Gasteiger partial charge in [-0.1, -0.05) is 36.4 Å². The molecule has 0 saturated heterocycles. The molecule has 0 aliphatic carbocycles. The monoisotopic (exact) mass is 472 g/mol. The molecule has 1 amide bonds. The van der Waals surface area contributed by atoms with Gasteiger partial charge in [0, 0.05) is 28.4 Å². The molecule has 0 saturated carbocycles. The standard InChI is InChI=1S/C26H24N4O5/c1-26(2,27)19-12-10-17(14-21(19)30(33)34)28-23(15-7-5-4-6-8-15)22-18-11-9-16(25(32)35-3)13-20(18)29-24(22)31/h4-14,28H,27H2,1-3H3,(H,29,31). The maximum atomic E-state index is 13.1. The Hall–Kier alpha value is -4.50. The summed E-state index contributed by atoms with van der Waals surface area (Å²) in [4.78, 5) is 36.3. The molecular formula is C26H24N4O5. The van der Waals surface area contributed by atoms with Gasteiger partial charge < -0.3 is 21.1 Å². The fourth-order valence-corrected chi connectivity index (χ4v) is 4.00. The van der Waals surface area contributed by atoms with Crippen molar-refractivity contribution < 1.29 is 19.2 Å². The molecule has 4 N–H and O–H groups in total. The molecule has 0 atom stereocenters. The van der Waals surface area contributed by atoms with Gasteiger partial charge in [0.15, 0.2) is 0 Å². The van der Waals surface area contributed by atoms with Crippen LogP contribution in [0.5, 0.6) is 0 Å². The van der Waals surface area contributed by atoms with Crippen LogP contribution in [0.25, 0.3) is 11.3 Å². The number of fused-ring (bicyclic) bond motifs is 1. The molecule has 0 radical (unpaired) electrons. The summed E-state index contributed by atoms with van der Waals surface area (Å²) < 4.78 is 4.77. The van der Waals surface area contributed by atoms with Gasteiger partial charge in [-0.15, -0.1) is 0 Å². The van der Waals surface area contributed by atoms with Crippen LogP contribution in [0.4, 0.5) is 17.1 Å². The first-order valence-corrected chi connectivity index (χ1v) is 10.8. The number of nitrogens with one attached hydrogen (secondary N) is 2. The molecule has 4 rings (SSSR count). The van der Waals surface area contributed by atoms with Crippen molar-refractivity contribution in [1.29, 1.82) is 0 Å². The lowest BCUT2D eigenvalue weighted by atomic mass is 9.93. The number of benzene rings is 3. The number of nitro benzene ring substituents is 1. The fraction of sp³-hybridized carbons (Fsp3) is 0.154. The van der Waals surface area contributed by atoms with Gasteiger partial charge in [-0.3, -0.25) is 14.9 Å². The molecule has 1 aliphatic rings. The van der Waals surface area contributed by atoms with Gasteiger partial charge in [0.2, 0.25) is 0 Å². The topological polar surface area (TPSA) is 137 Å². The van der Waals surface area contributed by atoms with E-state index >= 15 is 0 Å². The lowest BCUT2D eigenvalue weighted by Crippen LogP contribution is -2.29. The van der Waals surface area contributed by atoms with E-state index in [-0.39, 0.29) is 11.6 Å². The number of nitrogens with zero attached hydrogens (tertiary/aromatic N) is 1. The Balaban J connectivity index is 1.87. The Bertz CT molecular complexity index is 1370. The zero-order chi connectivity index (χ0) is 25.3. The molecule has 9 heteroatoms. The highest BCUT2D eigenvalue weighted by atomic mass is 16.6. The Morgan fingerprint density at radius 1 is 1.06 bits per heavy atom. The van der Waals surface area contributed by atoms with E-state index in [9.17, 15) is 19.7 Å². The molecule has 3 aromatic carbocycles. The number of nitro groups is 1. The SMILES string of the molecule is COC(=O)c1ccc2c(c1)NC(=O)C2=C(Nc1ccc(C(C)(C)N)c([N+](=O)[O-])c1)c1ccccc1. The number of ether oxygens (including phenoxy) is 1. The van der Waals surface area contributed by atoms with Gasteiger partial charge in [0.1, 0.15) is 0 Å². The number of hydrogen-bond acceptors (Lipinski definition) is 7. The average molecular weight is 473 g/mol. The number of carbonyl (C=O) groups excluding carboxylic acids is 2. The first-order chi connectivity index (χ1) is 16.6. The predicted molar refractivity (Wildman–Crippen MR) is 134 cm³/mol. The van der Waals surface area contributed by atoms with Crippen LogP contribution in [0.3, 0.4) is 0 Å². The summed E-state index contributed by atoms with van der Waals surface area (Å²) in [6.07, 6.45) is 0. The Labute approximate surface area is 201 Å². The summed E-state index contributed by atoms with van der Waals surface area (Å²) in [5.41, 5.74) is 8.76. The maximum Gasteiger partial charge on any atom is 0.337 e. The molecule has 1 heterocycles. The number of methoxy groups -OCH3 is 1. The van der Waals surface area contributed by atoms with Crippen LogP contribution >= 0.6 is 0 Å². The first kappa shape index (κ1) is 23.7. The van der Waals surface area contributed by atoms with E-state index in [1.807, 2.05) is 30.3 Å². The molecular weight excluding hydrogens is 448 g/mol. The minimum Gasteiger partial charge on any atom is -0.465 e. The normalized spacial score (nSPS) is 14.1. The summed E-state index contributed by atoms with van der Waals surface area (Å²) >= 11 is 0. The number of esters is 1. The lowest BCUT2D eigenvalue weighted by Gasteiger charge is -2.20. The van der Waals surface area contributed by atoms with Crippen molar-refractivity contribution in [2.24, 2.45) is 5.73 Å². The highest BCUT2D eigenvalue weighted by Gasteiger charge is 2.30. The molecule has 0 aromatic heterocycles. The maximum absolute atomic E-state index is 13.1. The first-order valence-electron chi connectivity index (χ1n) is 10.8. The quantitative estimate of drug-likeness (QED) is 0.208. The van der Waals surface area contributed by atoms with Gasteiger partial charge in [-0.05, 0) is 43.7 Å². The molecule has 35 heavy (non-hydrogen) atoms. The number of nitrogens with two attached hydrogens (primary N) is 1. The van der Waals surface area contributed by atoms with Crippen LogP contribution in [-0.2, 0) is 15.1 Å². The smallest absolute Gasteiger partial charge is 0.337 e. The van der Waals surface area contributed by atoms with Crippen molar-refractivity contribution >= 4 is 40.2 Å². The van der Waals surface area contributed by atoms with Crippen LogP contribution in [-0.4, -0.2) is 23.9 Å². The summed E-state index contributed by atoms with van der Waals surface area (Å²) in [6.45, 7) is 3.39. The Morgan fingerprint density at radius 3 is 2.40 bits per heavy atom. The lowest BCUT2D eigenvalue weighted by molar-refractivity contribution is -0.385. The molecule has 0 fully saturated rings. The van der Waals surface area contributed by atoms with Gasteiger partial charge in [0.05, 0.1) is 34.6 Å². The van der Waals surface area contributed by atoms with Crippen molar-refractivity contribution in [1.82, 2.24) is 0 Å². The third-order valence-corrected chi connectivity index (χ3v) is 5.66. The minimum atomic E-state index is -0.913. The third kappa shape index (κ3) is 4.62. The zero-order valence-electron chi connectivity index (χ0n) is 19.4. The average Bonchev–Trinajstić information content (AvgIpc) is 3.16. The van der Waals surface area contributed by atoms with E-state index in [1.165, 1.54) is 13.2 Å². The minimum absolute atomic E-state index is 0.126. The summed E-state index contributed by atoms with van der Waals surface area (Å²) in [7, 11) is 1.28. The zero-order valence-corrected chi connectivity index (χ0v) is 19.4. The van der Waals surface area contributed by atoms with Crippen molar-refractivity contribution in [3.05, 3.63) is 99.1 Å². The molecule has 0 spiro atoms. The third-order valence-electron chi connectivity index (χ3n) is 5.66. The van der Waals surface area contributed by atoms with Crippen LogP contribution in [0.2, 0.25) is 0 Å². The molecule has 0 bridgehead atoms. The fourth-order valence-electron chi connectivity index (χ4n) is 4.00. The second-order valence-corrected chi connectivity index (χ2v) is 8.66. The van der Waals surface area contributed by atoms with E-state index in [0.29, 0.717) is 44.9 Å². The number of rotatable bonds is 6. The predicted octanol–water partition coefficient (Wildman–Crippen LogP) is 4.51. The van der Waals surface area contributed by atoms with Crippen molar-refractivity contribution in [2.45, 2.75) is 19.4 Å². The Morgan fingerprint density at radius 2 is 1.77 bits per heavy atom. The van der Waals surface area contributed by atoms with Crippen molar-refractivity contribution in [3.63, 3.8) is 0 Å². The van der Waals surface area contributed by atoms with E-state index in [0.717, 1.165) is 0 Å². The van der Waals surface area contributed by atoms with Gasteiger partial charge in [-0.25, -0.2) is 4.79 Å². The van der Waals surface area contributed by atoms with Crippen molar-refractivity contribution in [2.75, 3.05) is 17.7 Å². The second kappa shape index (κ2) is 9.03. The van der Waals surface area contributed by atoms with Gasteiger partial charge in [0.25, 0.3) is 11.6 Å². The van der Waals surface area contributed by atoms with Crippen LogP contribution < -0.4 is 16.4 Å². The van der Waals surface area contributed by atoms with Gasteiger partial charge in [-0.2, -0.15) is 0 Å². The largest absolute Gasteiger partial charge is 0.465 e. The number of amides is 1. The Kier molecular flexibility index (Phi) is 6.10. The van der Waals surface area contributed by atoms with Crippen LogP contribution in [0.1, 0.15) is 40.9 Å². The van der Waals surface area contributed by atoms with Crippen LogP contribution in [0, 0.1) is 10.1 Å². The van der Waals surface area contributed by atoms with E-state index in [4.69, 9.17) is 10.5 Å². The number of anilines is 2. The summed E-state index contributed by atoms with van der Waals surface area (Å²) in [6, 6.07) is 18.7. The second-order valence-electron chi connectivity index (χ2n) is 8.66. The molecule has 1 aliphatic heterocycles. The number of hydrogen-bond donors (Lipinski definition) is 3.